The minimum Gasteiger partial charge on any atom is -0.355 e. The lowest BCUT2D eigenvalue weighted by Gasteiger charge is -2.08. The average Bonchev–Trinajstić information content (AvgIpc) is 2.62. The highest BCUT2D eigenvalue weighted by molar-refractivity contribution is 7.99. The van der Waals surface area contributed by atoms with Crippen LogP contribution in [0.2, 0.25) is 0 Å². The number of carbonyl (C=O) groups is 2. The van der Waals surface area contributed by atoms with E-state index in [1.165, 1.54) is 16.0 Å². The fraction of sp³-hybridized carbons (Fsp3) is 0.300. The summed E-state index contributed by atoms with van der Waals surface area (Å²) in [5.41, 5.74) is 4.06. The molecule has 0 heterocycles. The van der Waals surface area contributed by atoms with E-state index in [0.29, 0.717) is 18.5 Å². The third-order valence-corrected chi connectivity index (χ3v) is 4.98. The van der Waals surface area contributed by atoms with Crippen molar-refractivity contribution in [1.29, 1.82) is 0 Å². The van der Waals surface area contributed by atoms with Gasteiger partial charge >= 0.3 is 0 Å². The highest BCUT2D eigenvalue weighted by Gasteiger charge is 2.06. The van der Waals surface area contributed by atoms with Crippen LogP contribution in [-0.4, -0.2) is 24.6 Å². The van der Waals surface area contributed by atoms with Crippen LogP contribution >= 0.6 is 11.8 Å². The maximum atomic E-state index is 12.0. The maximum Gasteiger partial charge on any atom is 0.251 e. The SMILES string of the molecule is CNC(=O)c1cccc(CNC(=O)CCSc2ccc(C)c(C)c2)c1. The average molecular weight is 356 g/mol. The second-order valence-electron chi connectivity index (χ2n) is 5.90. The van der Waals surface area contributed by atoms with Crippen LogP contribution in [0.1, 0.15) is 33.5 Å². The van der Waals surface area contributed by atoms with Crippen LogP contribution in [0.25, 0.3) is 0 Å². The van der Waals surface area contributed by atoms with Gasteiger partial charge in [0, 0.05) is 36.2 Å². The van der Waals surface area contributed by atoms with Gasteiger partial charge in [-0.05, 0) is 54.8 Å². The Hall–Kier alpha value is -2.27. The smallest absolute Gasteiger partial charge is 0.251 e. The van der Waals surface area contributed by atoms with Crippen molar-refractivity contribution in [2.75, 3.05) is 12.8 Å². The van der Waals surface area contributed by atoms with Gasteiger partial charge in [-0.1, -0.05) is 18.2 Å². The number of rotatable bonds is 7. The van der Waals surface area contributed by atoms with Crippen molar-refractivity contribution in [3.05, 3.63) is 64.7 Å². The van der Waals surface area contributed by atoms with Gasteiger partial charge in [0.15, 0.2) is 0 Å². The number of hydrogen-bond donors (Lipinski definition) is 2. The van der Waals surface area contributed by atoms with Crippen molar-refractivity contribution in [3.8, 4) is 0 Å². The van der Waals surface area contributed by atoms with E-state index in [9.17, 15) is 9.59 Å². The van der Waals surface area contributed by atoms with Crippen molar-refractivity contribution < 1.29 is 9.59 Å². The van der Waals surface area contributed by atoms with Crippen LogP contribution in [0.15, 0.2) is 47.4 Å². The molecule has 0 aromatic heterocycles. The first-order chi connectivity index (χ1) is 12.0. The molecule has 2 rings (SSSR count). The van der Waals surface area contributed by atoms with Gasteiger partial charge in [0.05, 0.1) is 0 Å². The summed E-state index contributed by atoms with van der Waals surface area (Å²) in [7, 11) is 1.60. The molecule has 25 heavy (non-hydrogen) atoms. The Bertz CT molecular complexity index is 759. The van der Waals surface area contributed by atoms with Crippen LogP contribution in [0, 0.1) is 13.8 Å². The summed E-state index contributed by atoms with van der Waals surface area (Å²) >= 11 is 1.69. The number of hydrogen-bond acceptors (Lipinski definition) is 3. The molecule has 2 aromatic rings. The number of thioether (sulfide) groups is 1. The van der Waals surface area contributed by atoms with Crippen LogP contribution in [0.5, 0.6) is 0 Å². The molecule has 0 aliphatic carbocycles. The van der Waals surface area contributed by atoms with E-state index in [1.807, 2.05) is 12.1 Å². The summed E-state index contributed by atoms with van der Waals surface area (Å²) < 4.78 is 0. The minimum atomic E-state index is -0.127. The standard InChI is InChI=1S/C20H24N2O2S/c1-14-7-8-18(11-15(14)2)25-10-9-19(23)22-13-16-5-4-6-17(12-16)20(24)21-3/h4-8,11-12H,9-10,13H2,1-3H3,(H,21,24)(H,22,23). The van der Waals surface area contributed by atoms with E-state index in [4.69, 9.17) is 0 Å². The van der Waals surface area contributed by atoms with Crippen molar-refractivity contribution in [1.82, 2.24) is 10.6 Å². The third-order valence-electron chi connectivity index (χ3n) is 3.98. The molecule has 0 saturated heterocycles. The first-order valence-electron chi connectivity index (χ1n) is 8.27. The van der Waals surface area contributed by atoms with Crippen LogP contribution in [0.3, 0.4) is 0 Å². The molecule has 2 N–H and O–H groups in total. The first-order valence-corrected chi connectivity index (χ1v) is 9.26. The molecule has 0 saturated carbocycles. The number of amides is 2. The lowest BCUT2D eigenvalue weighted by atomic mass is 10.1. The van der Waals surface area contributed by atoms with Crippen LogP contribution < -0.4 is 10.6 Å². The van der Waals surface area contributed by atoms with Gasteiger partial charge in [0.25, 0.3) is 5.91 Å². The Morgan fingerprint density at radius 1 is 1.04 bits per heavy atom. The summed E-state index contributed by atoms with van der Waals surface area (Å²) in [6.45, 7) is 4.62. The number of nitrogens with one attached hydrogen (secondary N) is 2. The predicted octanol–water partition coefficient (Wildman–Crippen LogP) is 3.46. The topological polar surface area (TPSA) is 58.2 Å². The monoisotopic (exact) mass is 356 g/mol. The normalized spacial score (nSPS) is 10.4. The molecule has 0 unspecified atom stereocenters. The quantitative estimate of drug-likeness (QED) is 0.747. The highest BCUT2D eigenvalue weighted by Crippen LogP contribution is 2.21. The van der Waals surface area contributed by atoms with Crippen LogP contribution in [0.4, 0.5) is 0 Å². The second-order valence-corrected chi connectivity index (χ2v) is 7.07. The number of benzene rings is 2. The van der Waals surface area contributed by atoms with Gasteiger partial charge < -0.3 is 10.6 Å². The second kappa shape index (κ2) is 9.28. The Labute approximate surface area is 153 Å². The molecular formula is C20H24N2O2S. The van der Waals surface area contributed by atoms with Gasteiger partial charge in [-0.15, -0.1) is 11.8 Å². The molecule has 2 aromatic carbocycles. The molecule has 2 amide bonds. The largest absolute Gasteiger partial charge is 0.355 e. The van der Waals surface area contributed by atoms with Gasteiger partial charge in [0.2, 0.25) is 5.91 Å². The van der Waals surface area contributed by atoms with E-state index >= 15 is 0 Å². The van der Waals surface area contributed by atoms with Gasteiger partial charge in [-0.2, -0.15) is 0 Å². The number of aryl methyl sites for hydroxylation is 2. The zero-order valence-corrected chi connectivity index (χ0v) is 15.7. The molecule has 0 spiro atoms. The fourth-order valence-electron chi connectivity index (χ4n) is 2.32. The minimum absolute atomic E-state index is 0.0154. The summed E-state index contributed by atoms with van der Waals surface area (Å²) in [5, 5.41) is 5.50. The molecule has 0 aliphatic heterocycles. The molecular weight excluding hydrogens is 332 g/mol. The van der Waals surface area contributed by atoms with Crippen molar-refractivity contribution in [3.63, 3.8) is 0 Å². The van der Waals surface area contributed by atoms with E-state index in [2.05, 4.69) is 42.7 Å². The highest BCUT2D eigenvalue weighted by atomic mass is 32.2. The Morgan fingerprint density at radius 2 is 1.84 bits per heavy atom. The lowest BCUT2D eigenvalue weighted by molar-refractivity contribution is -0.120. The zero-order valence-electron chi connectivity index (χ0n) is 14.9. The van der Waals surface area contributed by atoms with Gasteiger partial charge in [-0.3, -0.25) is 9.59 Å². The van der Waals surface area contributed by atoms with E-state index in [0.717, 1.165) is 11.3 Å². The molecule has 0 bridgehead atoms. The maximum absolute atomic E-state index is 12.0. The van der Waals surface area contributed by atoms with Crippen molar-refractivity contribution in [2.45, 2.75) is 31.7 Å². The lowest BCUT2D eigenvalue weighted by Crippen LogP contribution is -2.23. The zero-order chi connectivity index (χ0) is 18.2. The summed E-state index contributed by atoms with van der Waals surface area (Å²) in [5.74, 6) is 0.631. The van der Waals surface area contributed by atoms with E-state index in [1.54, 1.807) is 30.9 Å². The van der Waals surface area contributed by atoms with Gasteiger partial charge in [0.1, 0.15) is 0 Å². The molecule has 5 heteroatoms. The third kappa shape index (κ3) is 5.94. The Kier molecular flexibility index (Phi) is 7.07. The van der Waals surface area contributed by atoms with Gasteiger partial charge in [-0.25, -0.2) is 0 Å². The molecule has 132 valence electrons. The molecule has 4 nitrogen and oxygen atoms in total. The van der Waals surface area contributed by atoms with Crippen molar-refractivity contribution in [2.24, 2.45) is 0 Å². The van der Waals surface area contributed by atoms with E-state index < -0.39 is 0 Å². The molecule has 0 radical (unpaired) electrons. The molecule has 0 fully saturated rings. The fourth-order valence-corrected chi connectivity index (χ4v) is 3.27. The first kappa shape index (κ1) is 19.1. The van der Waals surface area contributed by atoms with Crippen molar-refractivity contribution >= 4 is 23.6 Å². The molecule has 0 aliphatic rings. The summed E-state index contributed by atoms with van der Waals surface area (Å²) in [6.07, 6.45) is 0.465. The predicted molar refractivity (Wildman–Crippen MR) is 103 cm³/mol. The Morgan fingerprint density at radius 3 is 2.56 bits per heavy atom. The Balaban J connectivity index is 1.77. The molecule has 0 atom stereocenters. The van der Waals surface area contributed by atoms with Crippen LogP contribution in [-0.2, 0) is 11.3 Å². The summed E-state index contributed by atoms with van der Waals surface area (Å²) in [6, 6.07) is 13.6. The van der Waals surface area contributed by atoms with E-state index in [-0.39, 0.29) is 11.8 Å². The number of carbonyl (C=O) groups excluding carboxylic acids is 2. The summed E-state index contributed by atoms with van der Waals surface area (Å²) in [4.78, 5) is 24.8.